The molecule has 0 aliphatic rings. The molecule has 0 bridgehead atoms. The second-order valence-electron chi connectivity index (χ2n) is 3.69. The number of rotatable bonds is 3. The van der Waals surface area contributed by atoms with Crippen LogP contribution in [-0.2, 0) is 4.79 Å². The maximum atomic E-state index is 13.4. The lowest BCUT2D eigenvalue weighted by atomic mass is 10.3. The van der Waals surface area contributed by atoms with Crippen LogP contribution >= 0.6 is 15.9 Å². The van der Waals surface area contributed by atoms with Crippen molar-refractivity contribution in [2.24, 2.45) is 0 Å². The molecule has 0 radical (unpaired) electrons. The first-order valence-electron chi connectivity index (χ1n) is 4.85. The summed E-state index contributed by atoms with van der Waals surface area (Å²) in [6.45, 7) is 1.47. The molecular formula is C11H12BrF2NO2. The number of carbonyl (C=O) groups is 1. The number of hydrogen-bond donors (Lipinski definition) is 0. The molecule has 0 spiro atoms. The number of benzene rings is 1. The average Bonchev–Trinajstić information content (AvgIpc) is 2.23. The summed E-state index contributed by atoms with van der Waals surface area (Å²) in [5, 5.41) is 0. The SMILES string of the molecule is CC(Oc1cc(Br)cc(F)c1F)C(=O)N(C)C. The smallest absolute Gasteiger partial charge is 0.262 e. The Labute approximate surface area is 106 Å². The van der Waals surface area contributed by atoms with Crippen molar-refractivity contribution in [2.75, 3.05) is 14.1 Å². The number of likely N-dealkylation sites (N-methyl/N-ethyl adjacent to an activating group) is 1. The quantitative estimate of drug-likeness (QED) is 0.803. The van der Waals surface area contributed by atoms with Crippen molar-refractivity contribution in [1.82, 2.24) is 4.90 Å². The van der Waals surface area contributed by atoms with Gasteiger partial charge in [-0.15, -0.1) is 0 Å². The standard InChI is InChI=1S/C11H12BrF2NO2/c1-6(11(16)15(2)3)17-9-5-7(12)4-8(13)10(9)14/h4-6H,1-3H3. The van der Waals surface area contributed by atoms with Crippen LogP contribution < -0.4 is 4.74 Å². The van der Waals surface area contributed by atoms with Crippen LogP contribution in [0.3, 0.4) is 0 Å². The molecule has 6 heteroatoms. The molecule has 0 saturated heterocycles. The molecule has 3 nitrogen and oxygen atoms in total. The van der Waals surface area contributed by atoms with Crippen LogP contribution in [0.25, 0.3) is 0 Å². The second-order valence-corrected chi connectivity index (χ2v) is 4.61. The third kappa shape index (κ3) is 3.39. The van der Waals surface area contributed by atoms with E-state index in [1.165, 1.54) is 17.9 Å². The summed E-state index contributed by atoms with van der Waals surface area (Å²) in [5.74, 6) is -2.75. The number of ether oxygens (including phenoxy) is 1. The van der Waals surface area contributed by atoms with Crippen LogP contribution in [0.2, 0.25) is 0 Å². The van der Waals surface area contributed by atoms with Gasteiger partial charge in [-0.25, -0.2) is 4.39 Å². The Kier molecular flexibility index (Phi) is 4.45. The maximum absolute atomic E-state index is 13.4. The number of halogens is 3. The van der Waals surface area contributed by atoms with Gasteiger partial charge in [0.1, 0.15) is 0 Å². The molecule has 1 rings (SSSR count). The molecule has 0 aromatic heterocycles. The second kappa shape index (κ2) is 5.44. The van der Waals surface area contributed by atoms with Gasteiger partial charge in [-0.2, -0.15) is 4.39 Å². The minimum Gasteiger partial charge on any atom is -0.478 e. The highest BCUT2D eigenvalue weighted by molar-refractivity contribution is 9.10. The van der Waals surface area contributed by atoms with Gasteiger partial charge in [-0.05, 0) is 19.1 Å². The Balaban J connectivity index is 2.92. The molecule has 1 aromatic rings. The predicted molar refractivity (Wildman–Crippen MR) is 62.8 cm³/mol. The zero-order valence-electron chi connectivity index (χ0n) is 9.63. The summed E-state index contributed by atoms with van der Waals surface area (Å²) in [7, 11) is 3.11. The fourth-order valence-electron chi connectivity index (χ4n) is 1.22. The van der Waals surface area contributed by atoms with Gasteiger partial charge in [0.15, 0.2) is 17.7 Å². The molecule has 1 amide bonds. The van der Waals surface area contributed by atoms with E-state index in [1.807, 2.05) is 0 Å². The molecule has 0 aliphatic heterocycles. The molecule has 1 atom stereocenters. The number of nitrogens with zero attached hydrogens (tertiary/aromatic N) is 1. The molecule has 17 heavy (non-hydrogen) atoms. The summed E-state index contributed by atoms with van der Waals surface area (Å²) in [4.78, 5) is 12.8. The van der Waals surface area contributed by atoms with Crippen molar-refractivity contribution in [1.29, 1.82) is 0 Å². The van der Waals surface area contributed by atoms with E-state index in [-0.39, 0.29) is 11.7 Å². The largest absolute Gasteiger partial charge is 0.478 e. The Morgan fingerprint density at radius 1 is 1.41 bits per heavy atom. The molecule has 0 fully saturated rings. The molecule has 1 aromatic carbocycles. The van der Waals surface area contributed by atoms with Gasteiger partial charge >= 0.3 is 0 Å². The topological polar surface area (TPSA) is 29.5 Å². The van der Waals surface area contributed by atoms with Gasteiger partial charge in [-0.3, -0.25) is 4.79 Å². The number of carbonyl (C=O) groups excluding carboxylic acids is 1. The van der Waals surface area contributed by atoms with Gasteiger partial charge in [0.2, 0.25) is 5.82 Å². The van der Waals surface area contributed by atoms with Gasteiger partial charge in [0.25, 0.3) is 5.91 Å². The van der Waals surface area contributed by atoms with E-state index in [4.69, 9.17) is 4.74 Å². The van der Waals surface area contributed by atoms with Gasteiger partial charge in [0, 0.05) is 18.6 Å². The van der Waals surface area contributed by atoms with Crippen LogP contribution in [-0.4, -0.2) is 31.0 Å². The van der Waals surface area contributed by atoms with Crippen LogP contribution in [0.1, 0.15) is 6.92 Å². The van der Waals surface area contributed by atoms with E-state index in [2.05, 4.69) is 15.9 Å². The first kappa shape index (κ1) is 13.9. The summed E-state index contributed by atoms with van der Waals surface area (Å²) in [6, 6.07) is 2.26. The lowest BCUT2D eigenvalue weighted by Gasteiger charge is -2.18. The van der Waals surface area contributed by atoms with Crippen LogP contribution in [0, 0.1) is 11.6 Å². The lowest BCUT2D eigenvalue weighted by Crippen LogP contribution is -2.35. The molecule has 0 saturated carbocycles. The number of amides is 1. The van der Waals surface area contributed by atoms with Gasteiger partial charge in [0.05, 0.1) is 0 Å². The monoisotopic (exact) mass is 307 g/mol. The maximum Gasteiger partial charge on any atom is 0.262 e. The predicted octanol–water partition coefficient (Wildman–Crippen LogP) is 2.58. The minimum atomic E-state index is -1.10. The molecule has 0 heterocycles. The van der Waals surface area contributed by atoms with E-state index in [1.54, 1.807) is 14.1 Å². The molecule has 0 aliphatic carbocycles. The van der Waals surface area contributed by atoms with E-state index >= 15 is 0 Å². The summed E-state index contributed by atoms with van der Waals surface area (Å²) >= 11 is 3.02. The normalized spacial score (nSPS) is 12.1. The first-order valence-corrected chi connectivity index (χ1v) is 5.64. The van der Waals surface area contributed by atoms with Crippen molar-refractivity contribution < 1.29 is 18.3 Å². The van der Waals surface area contributed by atoms with Crippen molar-refractivity contribution in [3.63, 3.8) is 0 Å². The van der Waals surface area contributed by atoms with Crippen molar-refractivity contribution in [3.05, 3.63) is 28.2 Å². The minimum absolute atomic E-state index is 0.292. The Morgan fingerprint density at radius 3 is 2.53 bits per heavy atom. The van der Waals surface area contributed by atoms with Crippen molar-refractivity contribution in [3.8, 4) is 5.75 Å². The van der Waals surface area contributed by atoms with Gasteiger partial charge in [-0.1, -0.05) is 15.9 Å². The summed E-state index contributed by atoms with van der Waals surface area (Å²) in [5.41, 5.74) is 0. The summed E-state index contributed by atoms with van der Waals surface area (Å²) < 4.78 is 31.9. The third-order valence-electron chi connectivity index (χ3n) is 2.05. The van der Waals surface area contributed by atoms with Crippen molar-refractivity contribution in [2.45, 2.75) is 13.0 Å². The van der Waals surface area contributed by atoms with E-state index in [0.717, 1.165) is 6.07 Å². The van der Waals surface area contributed by atoms with E-state index in [9.17, 15) is 13.6 Å². The highest BCUT2D eigenvalue weighted by Crippen LogP contribution is 2.26. The van der Waals surface area contributed by atoms with E-state index < -0.39 is 17.7 Å². The third-order valence-corrected chi connectivity index (χ3v) is 2.51. The zero-order valence-corrected chi connectivity index (χ0v) is 11.2. The summed E-state index contributed by atoms with van der Waals surface area (Å²) in [6.07, 6.45) is -0.881. The first-order chi connectivity index (χ1) is 7.82. The fraction of sp³-hybridized carbons (Fsp3) is 0.364. The fourth-order valence-corrected chi connectivity index (χ4v) is 1.63. The zero-order chi connectivity index (χ0) is 13.2. The molecule has 0 N–H and O–H groups in total. The van der Waals surface area contributed by atoms with Gasteiger partial charge < -0.3 is 9.64 Å². The van der Waals surface area contributed by atoms with Crippen LogP contribution in [0.15, 0.2) is 16.6 Å². The lowest BCUT2D eigenvalue weighted by molar-refractivity contribution is -0.135. The Bertz CT molecular complexity index is 438. The molecule has 1 unspecified atom stereocenters. The highest BCUT2D eigenvalue weighted by Gasteiger charge is 2.20. The average molecular weight is 308 g/mol. The van der Waals surface area contributed by atoms with Crippen molar-refractivity contribution >= 4 is 21.8 Å². The molecular weight excluding hydrogens is 296 g/mol. The number of hydrogen-bond acceptors (Lipinski definition) is 2. The highest BCUT2D eigenvalue weighted by atomic mass is 79.9. The Morgan fingerprint density at radius 2 is 2.00 bits per heavy atom. The van der Waals surface area contributed by atoms with E-state index in [0.29, 0.717) is 4.47 Å². The molecule has 94 valence electrons. The Hall–Kier alpha value is -1.17. The van der Waals surface area contributed by atoms with Crippen LogP contribution in [0.5, 0.6) is 5.75 Å². The van der Waals surface area contributed by atoms with Crippen LogP contribution in [0.4, 0.5) is 8.78 Å².